The Kier molecular flexibility index (Phi) is 6.69. The van der Waals surface area contributed by atoms with E-state index >= 15 is 0 Å². The van der Waals surface area contributed by atoms with Crippen LogP contribution < -0.4 is 10.2 Å². The molecule has 0 atom stereocenters. The molecule has 2 nitrogen and oxygen atoms in total. The standard InChI is InChI=1S/C21H19F9N2/c22-19(23,24)13-10-17(20(25,26)27)16(18(11-13)21(28,29)30)12-31-14-6-8-32(9-7-14)15-4-2-1-3-5-15/h1-5,10-11,14,31H,6-9,12H2. The molecule has 0 bridgehead atoms. The second-order valence-electron chi connectivity index (χ2n) is 7.52. The highest BCUT2D eigenvalue weighted by atomic mass is 19.4. The fourth-order valence-electron chi connectivity index (χ4n) is 3.76. The number of piperidine rings is 1. The Balaban J connectivity index is 1.83. The molecule has 0 amide bonds. The second-order valence-corrected chi connectivity index (χ2v) is 7.52. The van der Waals surface area contributed by atoms with E-state index < -0.39 is 47.3 Å². The lowest BCUT2D eigenvalue weighted by Crippen LogP contribution is -2.42. The molecule has 32 heavy (non-hydrogen) atoms. The molecule has 0 saturated carbocycles. The Labute approximate surface area is 178 Å². The summed E-state index contributed by atoms with van der Waals surface area (Å²) in [7, 11) is 0. The van der Waals surface area contributed by atoms with Crippen LogP contribution in [0.5, 0.6) is 0 Å². The van der Waals surface area contributed by atoms with E-state index in [1.54, 1.807) is 0 Å². The van der Waals surface area contributed by atoms with Crippen LogP contribution in [-0.2, 0) is 25.1 Å². The SMILES string of the molecule is FC(F)(F)c1cc(C(F)(F)F)c(CNC2CCN(c3ccccc3)CC2)c(C(F)(F)F)c1. The number of rotatable bonds is 4. The Bertz CT molecular complexity index is 875. The van der Waals surface area contributed by atoms with Crippen molar-refractivity contribution in [2.24, 2.45) is 0 Å². The predicted molar refractivity (Wildman–Crippen MR) is 100.0 cm³/mol. The van der Waals surface area contributed by atoms with Gasteiger partial charge in [0, 0.05) is 31.4 Å². The fourth-order valence-corrected chi connectivity index (χ4v) is 3.76. The maximum Gasteiger partial charge on any atom is 0.416 e. The minimum Gasteiger partial charge on any atom is -0.371 e. The molecule has 1 aliphatic rings. The normalized spacial score (nSPS) is 16.5. The molecule has 0 spiro atoms. The van der Waals surface area contributed by atoms with Gasteiger partial charge in [0.25, 0.3) is 0 Å². The highest BCUT2D eigenvalue weighted by Gasteiger charge is 2.44. The summed E-state index contributed by atoms with van der Waals surface area (Å²) in [4.78, 5) is 2.04. The van der Waals surface area contributed by atoms with Crippen molar-refractivity contribution in [1.82, 2.24) is 5.32 Å². The summed E-state index contributed by atoms with van der Waals surface area (Å²) in [6.45, 7) is 0.220. The summed E-state index contributed by atoms with van der Waals surface area (Å²) in [5, 5.41) is 2.69. The summed E-state index contributed by atoms with van der Waals surface area (Å²) >= 11 is 0. The van der Waals surface area contributed by atoms with Gasteiger partial charge in [-0.05, 0) is 42.7 Å². The number of para-hydroxylation sites is 1. The van der Waals surface area contributed by atoms with Crippen molar-refractivity contribution in [3.05, 3.63) is 64.7 Å². The third-order valence-electron chi connectivity index (χ3n) is 5.37. The van der Waals surface area contributed by atoms with Gasteiger partial charge in [-0.2, -0.15) is 39.5 Å². The van der Waals surface area contributed by atoms with E-state index in [0.717, 1.165) is 5.69 Å². The fraction of sp³-hybridized carbons (Fsp3) is 0.429. The molecule has 1 saturated heterocycles. The van der Waals surface area contributed by atoms with Gasteiger partial charge in [-0.3, -0.25) is 0 Å². The zero-order chi connectivity index (χ0) is 23.7. The van der Waals surface area contributed by atoms with Crippen molar-refractivity contribution in [3.63, 3.8) is 0 Å². The topological polar surface area (TPSA) is 15.3 Å². The average Bonchev–Trinajstić information content (AvgIpc) is 2.70. The molecule has 1 N–H and O–H groups in total. The van der Waals surface area contributed by atoms with Gasteiger partial charge in [-0.1, -0.05) is 18.2 Å². The summed E-state index contributed by atoms with van der Waals surface area (Å²) in [6, 6.07) is 8.43. The maximum absolute atomic E-state index is 13.4. The molecule has 3 rings (SSSR count). The first-order chi connectivity index (χ1) is 14.8. The molecule has 1 aliphatic heterocycles. The number of halogens is 9. The highest BCUT2D eigenvalue weighted by Crippen LogP contribution is 2.43. The zero-order valence-electron chi connectivity index (χ0n) is 16.5. The van der Waals surface area contributed by atoms with E-state index in [1.807, 2.05) is 35.2 Å². The third kappa shape index (κ3) is 5.67. The Morgan fingerprint density at radius 1 is 0.750 bits per heavy atom. The average molecular weight is 470 g/mol. The van der Waals surface area contributed by atoms with Gasteiger partial charge in [-0.15, -0.1) is 0 Å². The van der Waals surface area contributed by atoms with Gasteiger partial charge < -0.3 is 10.2 Å². The lowest BCUT2D eigenvalue weighted by molar-refractivity contribution is -0.149. The molecular weight excluding hydrogens is 451 g/mol. The summed E-state index contributed by atoms with van der Waals surface area (Å²) in [6.07, 6.45) is -15.2. The van der Waals surface area contributed by atoms with Crippen molar-refractivity contribution >= 4 is 5.69 Å². The molecule has 11 heteroatoms. The second kappa shape index (κ2) is 8.84. The number of nitrogens with zero attached hydrogens (tertiary/aromatic N) is 1. The van der Waals surface area contributed by atoms with Crippen LogP contribution in [0.4, 0.5) is 45.2 Å². The van der Waals surface area contributed by atoms with Crippen LogP contribution in [0.3, 0.4) is 0 Å². The van der Waals surface area contributed by atoms with Gasteiger partial charge in [0.2, 0.25) is 0 Å². The molecule has 176 valence electrons. The Morgan fingerprint density at radius 3 is 1.69 bits per heavy atom. The summed E-state index contributed by atoms with van der Waals surface area (Å²) in [5.41, 5.74) is -6.14. The lowest BCUT2D eigenvalue weighted by Gasteiger charge is -2.34. The number of alkyl halides is 9. The van der Waals surface area contributed by atoms with Crippen molar-refractivity contribution in [3.8, 4) is 0 Å². The molecule has 1 fully saturated rings. The first kappa shape index (κ1) is 24.2. The largest absolute Gasteiger partial charge is 0.416 e. The predicted octanol–water partition coefficient (Wildman–Crippen LogP) is 6.50. The number of hydrogen-bond acceptors (Lipinski definition) is 2. The minimum atomic E-state index is -5.38. The highest BCUT2D eigenvalue weighted by molar-refractivity contribution is 5.46. The zero-order valence-corrected chi connectivity index (χ0v) is 16.5. The van der Waals surface area contributed by atoms with Gasteiger partial charge in [0.05, 0.1) is 16.7 Å². The van der Waals surface area contributed by atoms with Crippen molar-refractivity contribution in [2.45, 2.75) is 44.0 Å². The molecule has 0 radical (unpaired) electrons. The van der Waals surface area contributed by atoms with E-state index in [4.69, 9.17) is 0 Å². The van der Waals surface area contributed by atoms with E-state index in [2.05, 4.69) is 5.32 Å². The first-order valence-electron chi connectivity index (χ1n) is 9.68. The van der Waals surface area contributed by atoms with Crippen LogP contribution in [0.15, 0.2) is 42.5 Å². The first-order valence-corrected chi connectivity index (χ1v) is 9.68. The van der Waals surface area contributed by atoms with Crippen LogP contribution in [0.1, 0.15) is 35.1 Å². The van der Waals surface area contributed by atoms with Gasteiger partial charge in [0.1, 0.15) is 0 Å². The Hall–Kier alpha value is -2.43. The van der Waals surface area contributed by atoms with Crippen LogP contribution in [0.2, 0.25) is 0 Å². The molecular formula is C21H19F9N2. The number of hydrogen-bond donors (Lipinski definition) is 1. The molecule has 1 heterocycles. The molecule has 2 aromatic rings. The monoisotopic (exact) mass is 470 g/mol. The molecule has 2 aromatic carbocycles. The van der Waals surface area contributed by atoms with Gasteiger partial charge in [0.15, 0.2) is 0 Å². The number of anilines is 1. The van der Waals surface area contributed by atoms with E-state index in [-0.39, 0.29) is 18.2 Å². The Morgan fingerprint density at radius 2 is 1.25 bits per heavy atom. The summed E-state index contributed by atoms with van der Waals surface area (Å²) < 4.78 is 119. The van der Waals surface area contributed by atoms with E-state index in [0.29, 0.717) is 25.9 Å². The molecule has 0 aliphatic carbocycles. The number of benzene rings is 2. The van der Waals surface area contributed by atoms with Gasteiger partial charge in [-0.25, -0.2) is 0 Å². The van der Waals surface area contributed by atoms with Crippen LogP contribution in [0, 0.1) is 0 Å². The van der Waals surface area contributed by atoms with Crippen LogP contribution >= 0.6 is 0 Å². The quantitative estimate of drug-likeness (QED) is 0.513. The molecule has 0 aromatic heterocycles. The van der Waals surface area contributed by atoms with E-state index in [1.165, 1.54) is 0 Å². The minimum absolute atomic E-state index is 0.260. The van der Waals surface area contributed by atoms with Crippen LogP contribution in [0.25, 0.3) is 0 Å². The van der Waals surface area contributed by atoms with Gasteiger partial charge >= 0.3 is 18.5 Å². The lowest BCUT2D eigenvalue weighted by atomic mass is 9.95. The van der Waals surface area contributed by atoms with E-state index in [9.17, 15) is 39.5 Å². The summed E-state index contributed by atoms with van der Waals surface area (Å²) in [5.74, 6) is 0. The number of nitrogens with one attached hydrogen (secondary N) is 1. The third-order valence-corrected chi connectivity index (χ3v) is 5.37. The van der Waals surface area contributed by atoms with Crippen molar-refractivity contribution in [1.29, 1.82) is 0 Å². The van der Waals surface area contributed by atoms with Crippen LogP contribution in [-0.4, -0.2) is 19.1 Å². The maximum atomic E-state index is 13.4. The van der Waals surface area contributed by atoms with Crippen molar-refractivity contribution < 1.29 is 39.5 Å². The molecule has 0 unspecified atom stereocenters. The smallest absolute Gasteiger partial charge is 0.371 e. The van der Waals surface area contributed by atoms with Crippen molar-refractivity contribution in [2.75, 3.05) is 18.0 Å².